The molecule has 100 valence electrons. The molecular formula is C16H18ClNO. The molecule has 0 saturated carbocycles. The zero-order valence-electron chi connectivity index (χ0n) is 11.2. The fourth-order valence-corrected chi connectivity index (χ4v) is 2.46. The largest absolute Gasteiger partial charge is 0.394 e. The highest BCUT2D eigenvalue weighted by Crippen LogP contribution is 2.26. The van der Waals surface area contributed by atoms with Crippen molar-refractivity contribution in [2.24, 2.45) is 0 Å². The maximum Gasteiger partial charge on any atom is 0.0750 e. The second-order valence-corrected chi connectivity index (χ2v) is 5.13. The zero-order valence-corrected chi connectivity index (χ0v) is 11.9. The van der Waals surface area contributed by atoms with Crippen molar-refractivity contribution in [3.8, 4) is 0 Å². The molecule has 3 heteroatoms. The van der Waals surface area contributed by atoms with Crippen LogP contribution in [0.5, 0.6) is 0 Å². The predicted octanol–water partition coefficient (Wildman–Crippen LogP) is 4.10. The molecule has 0 bridgehead atoms. The van der Waals surface area contributed by atoms with E-state index >= 15 is 0 Å². The molecule has 2 rings (SSSR count). The summed E-state index contributed by atoms with van der Waals surface area (Å²) in [5, 5.41) is 13.7. The van der Waals surface area contributed by atoms with Crippen molar-refractivity contribution < 1.29 is 5.11 Å². The Morgan fingerprint density at radius 1 is 1.05 bits per heavy atom. The number of anilines is 1. The van der Waals surface area contributed by atoms with Gasteiger partial charge in [0, 0.05) is 10.7 Å². The minimum Gasteiger partial charge on any atom is -0.394 e. The molecule has 2 aromatic carbocycles. The van der Waals surface area contributed by atoms with Gasteiger partial charge < -0.3 is 10.4 Å². The number of nitrogens with one attached hydrogen (secondary N) is 1. The van der Waals surface area contributed by atoms with Crippen molar-refractivity contribution in [1.29, 1.82) is 0 Å². The number of hydrogen-bond donors (Lipinski definition) is 2. The molecule has 2 nitrogen and oxygen atoms in total. The Kier molecular flexibility index (Phi) is 4.46. The van der Waals surface area contributed by atoms with Gasteiger partial charge in [-0.1, -0.05) is 29.8 Å². The Morgan fingerprint density at radius 3 is 2.16 bits per heavy atom. The minimum absolute atomic E-state index is 0.0499. The number of aliphatic hydroxyl groups is 1. The maximum absolute atomic E-state index is 9.66. The molecule has 1 unspecified atom stereocenters. The Balaban J connectivity index is 2.27. The summed E-state index contributed by atoms with van der Waals surface area (Å²) in [5.41, 5.74) is 4.46. The highest BCUT2D eigenvalue weighted by molar-refractivity contribution is 6.30. The van der Waals surface area contributed by atoms with Crippen LogP contribution >= 0.6 is 11.6 Å². The first-order chi connectivity index (χ1) is 9.11. The van der Waals surface area contributed by atoms with Crippen LogP contribution < -0.4 is 5.32 Å². The molecule has 0 aliphatic heterocycles. The van der Waals surface area contributed by atoms with Gasteiger partial charge >= 0.3 is 0 Å². The third-order valence-corrected chi connectivity index (χ3v) is 3.51. The second-order valence-electron chi connectivity index (χ2n) is 4.69. The SMILES string of the molecule is Cc1cccc(C)c1C(CO)Nc1ccc(Cl)cc1. The topological polar surface area (TPSA) is 32.3 Å². The lowest BCUT2D eigenvalue weighted by Gasteiger charge is -2.22. The standard InChI is InChI=1S/C16H18ClNO/c1-11-4-3-5-12(2)16(11)15(10-19)18-14-8-6-13(17)7-9-14/h3-9,15,18-19H,10H2,1-2H3. The lowest BCUT2D eigenvalue weighted by molar-refractivity contribution is 0.275. The van der Waals surface area contributed by atoms with Crippen molar-refractivity contribution in [3.63, 3.8) is 0 Å². The van der Waals surface area contributed by atoms with Crippen LogP contribution in [0.3, 0.4) is 0 Å². The Bertz CT molecular complexity index is 531. The van der Waals surface area contributed by atoms with Gasteiger partial charge in [-0.2, -0.15) is 0 Å². The molecule has 2 N–H and O–H groups in total. The van der Waals surface area contributed by atoms with Crippen LogP contribution in [0.25, 0.3) is 0 Å². The number of halogens is 1. The van der Waals surface area contributed by atoms with Gasteiger partial charge in [0.2, 0.25) is 0 Å². The Labute approximate surface area is 119 Å². The van der Waals surface area contributed by atoms with E-state index in [1.807, 2.05) is 30.3 Å². The van der Waals surface area contributed by atoms with Crippen molar-refractivity contribution >= 4 is 17.3 Å². The molecule has 0 saturated heterocycles. The molecule has 0 aromatic heterocycles. The van der Waals surface area contributed by atoms with Crippen molar-refractivity contribution in [2.75, 3.05) is 11.9 Å². The first kappa shape index (κ1) is 13.9. The van der Waals surface area contributed by atoms with Crippen LogP contribution in [-0.4, -0.2) is 11.7 Å². The summed E-state index contributed by atoms with van der Waals surface area (Å²) in [6.07, 6.45) is 0. The van der Waals surface area contributed by atoms with Crippen LogP contribution in [0.4, 0.5) is 5.69 Å². The van der Waals surface area contributed by atoms with E-state index in [1.165, 1.54) is 11.1 Å². The third-order valence-electron chi connectivity index (χ3n) is 3.26. The Hall–Kier alpha value is -1.51. The van der Waals surface area contributed by atoms with E-state index in [-0.39, 0.29) is 12.6 Å². The molecule has 0 amide bonds. The molecule has 0 fully saturated rings. The van der Waals surface area contributed by atoms with Gasteiger partial charge in [-0.05, 0) is 54.8 Å². The average Bonchev–Trinajstić information content (AvgIpc) is 2.39. The smallest absolute Gasteiger partial charge is 0.0750 e. The van der Waals surface area contributed by atoms with Crippen LogP contribution in [0.15, 0.2) is 42.5 Å². The van der Waals surface area contributed by atoms with Crippen LogP contribution in [0.2, 0.25) is 5.02 Å². The highest BCUT2D eigenvalue weighted by atomic mass is 35.5. The normalized spacial score (nSPS) is 12.2. The fraction of sp³-hybridized carbons (Fsp3) is 0.250. The van der Waals surface area contributed by atoms with Crippen LogP contribution in [0, 0.1) is 13.8 Å². The summed E-state index contributed by atoms with van der Waals surface area (Å²) in [6.45, 7) is 4.18. The summed E-state index contributed by atoms with van der Waals surface area (Å²) < 4.78 is 0. The first-order valence-corrected chi connectivity index (χ1v) is 6.68. The predicted molar refractivity (Wildman–Crippen MR) is 80.8 cm³/mol. The van der Waals surface area contributed by atoms with E-state index in [1.54, 1.807) is 0 Å². The molecule has 0 aliphatic carbocycles. The molecule has 0 spiro atoms. The highest BCUT2D eigenvalue weighted by Gasteiger charge is 2.14. The second kappa shape index (κ2) is 6.09. The van der Waals surface area contributed by atoms with Crippen molar-refractivity contribution in [3.05, 3.63) is 64.2 Å². The molecule has 19 heavy (non-hydrogen) atoms. The van der Waals surface area contributed by atoms with Crippen molar-refractivity contribution in [2.45, 2.75) is 19.9 Å². The fourth-order valence-electron chi connectivity index (χ4n) is 2.33. The van der Waals surface area contributed by atoms with Crippen LogP contribution in [0.1, 0.15) is 22.7 Å². The van der Waals surface area contributed by atoms with Gasteiger partial charge in [0.1, 0.15) is 0 Å². The van der Waals surface area contributed by atoms with Gasteiger partial charge in [0.25, 0.3) is 0 Å². The number of hydrogen-bond acceptors (Lipinski definition) is 2. The molecule has 0 radical (unpaired) electrons. The monoisotopic (exact) mass is 275 g/mol. The van der Waals surface area contributed by atoms with E-state index in [0.717, 1.165) is 11.3 Å². The minimum atomic E-state index is -0.109. The molecule has 0 heterocycles. The zero-order chi connectivity index (χ0) is 13.8. The number of benzene rings is 2. The summed E-state index contributed by atoms with van der Waals surface area (Å²) in [6, 6.07) is 13.6. The summed E-state index contributed by atoms with van der Waals surface area (Å²) in [5.74, 6) is 0. The third kappa shape index (κ3) is 3.28. The maximum atomic E-state index is 9.66. The first-order valence-electron chi connectivity index (χ1n) is 6.31. The lowest BCUT2D eigenvalue weighted by atomic mass is 9.96. The van der Waals surface area contributed by atoms with Gasteiger partial charge in [-0.3, -0.25) is 0 Å². The Morgan fingerprint density at radius 2 is 1.63 bits per heavy atom. The van der Waals surface area contributed by atoms with E-state index in [0.29, 0.717) is 5.02 Å². The summed E-state index contributed by atoms with van der Waals surface area (Å²) in [7, 11) is 0. The van der Waals surface area contributed by atoms with Gasteiger partial charge in [0.05, 0.1) is 12.6 Å². The van der Waals surface area contributed by atoms with E-state index in [4.69, 9.17) is 11.6 Å². The number of aliphatic hydroxyl groups excluding tert-OH is 1. The molecule has 1 atom stereocenters. The molecular weight excluding hydrogens is 258 g/mol. The molecule has 2 aromatic rings. The number of rotatable bonds is 4. The van der Waals surface area contributed by atoms with E-state index in [9.17, 15) is 5.11 Å². The van der Waals surface area contributed by atoms with E-state index < -0.39 is 0 Å². The average molecular weight is 276 g/mol. The lowest BCUT2D eigenvalue weighted by Crippen LogP contribution is -2.17. The summed E-state index contributed by atoms with van der Waals surface area (Å²) >= 11 is 5.87. The summed E-state index contributed by atoms with van der Waals surface area (Å²) in [4.78, 5) is 0. The quantitative estimate of drug-likeness (QED) is 0.880. The van der Waals surface area contributed by atoms with Crippen LogP contribution in [-0.2, 0) is 0 Å². The molecule has 0 aliphatic rings. The van der Waals surface area contributed by atoms with Crippen molar-refractivity contribution in [1.82, 2.24) is 0 Å². The van der Waals surface area contributed by atoms with Gasteiger partial charge in [-0.15, -0.1) is 0 Å². The van der Waals surface area contributed by atoms with Gasteiger partial charge in [0.15, 0.2) is 0 Å². The van der Waals surface area contributed by atoms with E-state index in [2.05, 4.69) is 31.3 Å². The number of aryl methyl sites for hydroxylation is 2. The van der Waals surface area contributed by atoms with Gasteiger partial charge in [-0.25, -0.2) is 0 Å².